The van der Waals surface area contributed by atoms with Gasteiger partial charge < -0.3 is 5.11 Å². The minimum atomic E-state index is 0. The van der Waals surface area contributed by atoms with E-state index in [0.29, 0.717) is 0 Å². The second-order valence-corrected chi connectivity index (χ2v) is 0.316. The van der Waals surface area contributed by atoms with Crippen molar-refractivity contribution in [2.75, 3.05) is 6.61 Å². The molecule has 1 nitrogen and oxygen atoms in total. The topological polar surface area (TPSA) is 20.2 Å². The molecule has 0 aromatic heterocycles. The second-order valence-electron chi connectivity index (χ2n) is 0.316. The molecule has 0 aromatic rings. The smallest absolute Gasteiger partial charge is 0.0402 e. The van der Waals surface area contributed by atoms with Crippen molar-refractivity contribution in [3.8, 4) is 0 Å². The molecular formula is C2H6CaO. The van der Waals surface area contributed by atoms with E-state index < -0.39 is 0 Å². The summed E-state index contributed by atoms with van der Waals surface area (Å²) in [5, 5.41) is 7.57. The number of hydrogen-bond donors (Lipinski definition) is 1. The minimum absolute atomic E-state index is 0. The first kappa shape index (κ1) is 8.97. The van der Waals surface area contributed by atoms with E-state index >= 15 is 0 Å². The van der Waals surface area contributed by atoms with E-state index in [9.17, 15) is 0 Å². The average molecular weight is 86.1 g/mol. The maximum atomic E-state index is 7.57. The van der Waals surface area contributed by atoms with E-state index in [1.807, 2.05) is 0 Å². The first-order valence-corrected chi connectivity index (χ1v) is 1.02. The van der Waals surface area contributed by atoms with Crippen molar-refractivity contribution < 1.29 is 5.11 Å². The molecule has 0 spiro atoms. The van der Waals surface area contributed by atoms with Crippen LogP contribution < -0.4 is 0 Å². The van der Waals surface area contributed by atoms with E-state index in [1.165, 1.54) is 0 Å². The molecule has 0 amide bonds. The summed E-state index contributed by atoms with van der Waals surface area (Å²) in [4.78, 5) is 0. The Balaban J connectivity index is 0. The van der Waals surface area contributed by atoms with Gasteiger partial charge in [-0.05, 0) is 6.92 Å². The summed E-state index contributed by atoms with van der Waals surface area (Å²) in [6.07, 6.45) is 0. The third-order valence-electron chi connectivity index (χ3n) is 0. The molecule has 0 aliphatic carbocycles. The second kappa shape index (κ2) is 8.88. The Morgan fingerprint density at radius 1 is 1.75 bits per heavy atom. The molecule has 0 atom stereocenters. The Morgan fingerprint density at radius 2 is 1.75 bits per heavy atom. The van der Waals surface area contributed by atoms with Gasteiger partial charge in [-0.15, -0.1) is 0 Å². The monoisotopic (exact) mass is 86.0 g/mol. The normalized spacial score (nSPS) is 4.50. The molecule has 4 heavy (non-hydrogen) atoms. The van der Waals surface area contributed by atoms with Crippen LogP contribution in [0.1, 0.15) is 6.92 Å². The molecule has 0 saturated heterocycles. The van der Waals surface area contributed by atoms with E-state index in [4.69, 9.17) is 5.11 Å². The summed E-state index contributed by atoms with van der Waals surface area (Å²) in [7, 11) is 0. The predicted octanol–water partition coefficient (Wildman–Crippen LogP) is -0.382. The summed E-state index contributed by atoms with van der Waals surface area (Å²) >= 11 is 0. The number of rotatable bonds is 0. The molecule has 0 fully saturated rings. The summed E-state index contributed by atoms with van der Waals surface area (Å²) in [5.74, 6) is 0. The number of aliphatic hydroxyl groups excluding tert-OH is 1. The third kappa shape index (κ3) is 10.7. The van der Waals surface area contributed by atoms with Gasteiger partial charge in [-0.1, -0.05) is 0 Å². The van der Waals surface area contributed by atoms with Gasteiger partial charge in [-0.3, -0.25) is 0 Å². The molecule has 0 bridgehead atoms. The number of hydrogen-bond acceptors (Lipinski definition) is 1. The van der Waals surface area contributed by atoms with Gasteiger partial charge in [-0.25, -0.2) is 0 Å². The molecule has 0 saturated carbocycles. The van der Waals surface area contributed by atoms with Gasteiger partial charge in [0.2, 0.25) is 0 Å². The SMILES string of the molecule is CCO.[Ca]. The summed E-state index contributed by atoms with van der Waals surface area (Å²) < 4.78 is 0. The largest absolute Gasteiger partial charge is 0.397 e. The van der Waals surface area contributed by atoms with E-state index in [0.717, 1.165) is 0 Å². The standard InChI is InChI=1S/C2H6O.Ca/c1-2-3;/h3H,2H2,1H3;. The van der Waals surface area contributed by atoms with E-state index in [-0.39, 0.29) is 44.3 Å². The molecule has 0 unspecified atom stereocenters. The van der Waals surface area contributed by atoms with Crippen molar-refractivity contribution in [1.29, 1.82) is 0 Å². The van der Waals surface area contributed by atoms with Crippen LogP contribution in [-0.4, -0.2) is 49.5 Å². The van der Waals surface area contributed by atoms with Crippen molar-refractivity contribution in [2.24, 2.45) is 0 Å². The van der Waals surface area contributed by atoms with Crippen LogP contribution in [0.5, 0.6) is 0 Å². The Labute approximate surface area is 56.0 Å². The third-order valence-corrected chi connectivity index (χ3v) is 0. The Bertz CT molecular complexity index is 6.00. The van der Waals surface area contributed by atoms with E-state index in [1.54, 1.807) is 6.92 Å². The first-order chi connectivity index (χ1) is 1.41. The number of aliphatic hydroxyl groups is 1. The van der Waals surface area contributed by atoms with Crippen LogP contribution in [0.25, 0.3) is 0 Å². The fourth-order valence-corrected chi connectivity index (χ4v) is 0. The van der Waals surface area contributed by atoms with Crippen LogP contribution in [0.15, 0.2) is 0 Å². The maximum Gasteiger partial charge on any atom is 0.0402 e. The molecule has 0 rings (SSSR count). The summed E-state index contributed by atoms with van der Waals surface area (Å²) in [5.41, 5.74) is 0. The van der Waals surface area contributed by atoms with Crippen molar-refractivity contribution in [2.45, 2.75) is 6.92 Å². The molecule has 0 aromatic carbocycles. The molecule has 0 heterocycles. The fourth-order valence-electron chi connectivity index (χ4n) is 0. The molecule has 2 heteroatoms. The molecule has 22 valence electrons. The van der Waals surface area contributed by atoms with Gasteiger partial charge in [-0.2, -0.15) is 0 Å². The predicted molar refractivity (Wildman–Crippen MR) is 18.5 cm³/mol. The van der Waals surface area contributed by atoms with E-state index in [2.05, 4.69) is 0 Å². The van der Waals surface area contributed by atoms with Crippen LogP contribution >= 0.6 is 0 Å². The molecule has 0 aliphatic heterocycles. The van der Waals surface area contributed by atoms with Gasteiger partial charge in [0, 0.05) is 44.3 Å². The van der Waals surface area contributed by atoms with Crippen molar-refractivity contribution in [3.63, 3.8) is 0 Å². The average Bonchev–Trinajstić information content (AvgIpc) is 0.918. The first-order valence-electron chi connectivity index (χ1n) is 1.02. The van der Waals surface area contributed by atoms with Crippen LogP contribution in [0.2, 0.25) is 0 Å². The van der Waals surface area contributed by atoms with Crippen LogP contribution in [0.4, 0.5) is 0 Å². The van der Waals surface area contributed by atoms with Crippen LogP contribution in [0, 0.1) is 0 Å². The zero-order chi connectivity index (χ0) is 2.71. The Morgan fingerprint density at radius 3 is 1.75 bits per heavy atom. The Kier molecular flexibility index (Phi) is 19.9. The van der Waals surface area contributed by atoms with Crippen LogP contribution in [-0.2, 0) is 0 Å². The van der Waals surface area contributed by atoms with Crippen molar-refractivity contribution in [3.05, 3.63) is 0 Å². The van der Waals surface area contributed by atoms with Crippen LogP contribution in [0.3, 0.4) is 0 Å². The summed E-state index contributed by atoms with van der Waals surface area (Å²) in [6.45, 7) is 1.93. The Hall–Kier alpha value is 1.22. The van der Waals surface area contributed by atoms with Gasteiger partial charge in [0.25, 0.3) is 0 Å². The zero-order valence-corrected chi connectivity index (χ0v) is 5.07. The van der Waals surface area contributed by atoms with Crippen molar-refractivity contribution in [1.82, 2.24) is 0 Å². The quantitative estimate of drug-likeness (QED) is 0.398. The zero-order valence-electron chi connectivity index (χ0n) is 2.86. The maximum absolute atomic E-state index is 7.57. The van der Waals surface area contributed by atoms with Gasteiger partial charge in [0.1, 0.15) is 0 Å². The molecule has 0 aliphatic rings. The van der Waals surface area contributed by atoms with Gasteiger partial charge in [0.05, 0.1) is 0 Å². The van der Waals surface area contributed by atoms with Gasteiger partial charge >= 0.3 is 0 Å². The fraction of sp³-hybridized carbons (Fsp3) is 1.00. The van der Waals surface area contributed by atoms with Crippen molar-refractivity contribution >= 4 is 37.7 Å². The van der Waals surface area contributed by atoms with Gasteiger partial charge in [0.15, 0.2) is 0 Å². The molecular weight excluding hydrogens is 80.1 g/mol. The summed E-state index contributed by atoms with van der Waals surface area (Å²) in [6, 6.07) is 0. The molecule has 1 N–H and O–H groups in total. The molecule has 2 radical (unpaired) electrons. The minimum Gasteiger partial charge on any atom is -0.397 e.